The molecule has 0 aliphatic carbocycles. The SMILES string of the molecule is CC(CN)Oc1ccc2ncc(-c3cc4ccccc4o3)n2n1.Cc1ccncc1. The summed E-state index contributed by atoms with van der Waals surface area (Å²) < 4.78 is 13.3. The summed E-state index contributed by atoms with van der Waals surface area (Å²) in [5.74, 6) is 1.22. The number of para-hydroxylation sites is 1. The van der Waals surface area contributed by atoms with Crippen molar-refractivity contribution in [1.82, 2.24) is 19.6 Å². The molecular formula is C23H23N5O2. The van der Waals surface area contributed by atoms with Gasteiger partial charge in [0, 0.05) is 30.4 Å². The zero-order valence-electron chi connectivity index (χ0n) is 16.9. The average molecular weight is 401 g/mol. The second-order valence-corrected chi connectivity index (χ2v) is 6.92. The summed E-state index contributed by atoms with van der Waals surface area (Å²) >= 11 is 0. The van der Waals surface area contributed by atoms with E-state index in [4.69, 9.17) is 14.9 Å². The molecule has 0 saturated carbocycles. The lowest BCUT2D eigenvalue weighted by atomic mass is 10.2. The lowest BCUT2D eigenvalue weighted by molar-refractivity contribution is 0.217. The fraction of sp³-hybridized carbons (Fsp3) is 0.174. The van der Waals surface area contributed by atoms with Crippen LogP contribution >= 0.6 is 0 Å². The van der Waals surface area contributed by atoms with Gasteiger partial charge in [-0.3, -0.25) is 4.98 Å². The smallest absolute Gasteiger partial charge is 0.232 e. The summed E-state index contributed by atoms with van der Waals surface area (Å²) in [5, 5.41) is 5.53. The molecule has 4 aromatic heterocycles. The van der Waals surface area contributed by atoms with E-state index in [1.54, 1.807) is 29.2 Å². The van der Waals surface area contributed by atoms with Crippen LogP contribution in [0.2, 0.25) is 0 Å². The van der Waals surface area contributed by atoms with E-state index in [0.717, 1.165) is 28.1 Å². The molecular weight excluding hydrogens is 378 g/mol. The van der Waals surface area contributed by atoms with Gasteiger partial charge >= 0.3 is 0 Å². The van der Waals surface area contributed by atoms with Crippen molar-refractivity contribution in [2.75, 3.05) is 6.54 Å². The molecule has 1 aromatic carbocycles. The first-order valence-corrected chi connectivity index (χ1v) is 9.71. The van der Waals surface area contributed by atoms with Crippen LogP contribution in [0.15, 0.2) is 77.6 Å². The Labute approximate surface area is 174 Å². The Morgan fingerprint density at radius 2 is 1.90 bits per heavy atom. The van der Waals surface area contributed by atoms with Crippen LogP contribution in [-0.2, 0) is 0 Å². The number of aryl methyl sites for hydroxylation is 1. The van der Waals surface area contributed by atoms with Gasteiger partial charge in [-0.1, -0.05) is 18.2 Å². The van der Waals surface area contributed by atoms with Crippen LogP contribution in [0.5, 0.6) is 5.88 Å². The maximum Gasteiger partial charge on any atom is 0.232 e. The third-order valence-electron chi connectivity index (χ3n) is 4.52. The molecule has 5 rings (SSSR count). The summed E-state index contributed by atoms with van der Waals surface area (Å²) in [6, 6.07) is 17.4. The highest BCUT2D eigenvalue weighted by molar-refractivity contribution is 5.82. The molecule has 7 heteroatoms. The van der Waals surface area contributed by atoms with Gasteiger partial charge in [0.1, 0.15) is 17.4 Å². The zero-order valence-corrected chi connectivity index (χ0v) is 16.9. The van der Waals surface area contributed by atoms with E-state index in [0.29, 0.717) is 12.4 Å². The van der Waals surface area contributed by atoms with Crippen LogP contribution in [0.4, 0.5) is 0 Å². The number of hydrogen-bond donors (Lipinski definition) is 1. The van der Waals surface area contributed by atoms with Crippen molar-refractivity contribution >= 4 is 16.6 Å². The second-order valence-electron chi connectivity index (χ2n) is 6.92. The number of furan rings is 1. The number of benzene rings is 1. The van der Waals surface area contributed by atoms with Crippen molar-refractivity contribution in [3.05, 3.63) is 78.8 Å². The van der Waals surface area contributed by atoms with Crippen LogP contribution in [0.1, 0.15) is 12.5 Å². The highest BCUT2D eigenvalue weighted by atomic mass is 16.5. The number of ether oxygens (including phenoxy) is 1. The van der Waals surface area contributed by atoms with Crippen molar-refractivity contribution < 1.29 is 9.15 Å². The minimum atomic E-state index is -0.0990. The number of fused-ring (bicyclic) bond motifs is 2. The maximum atomic E-state index is 5.90. The molecule has 7 nitrogen and oxygen atoms in total. The van der Waals surface area contributed by atoms with E-state index in [9.17, 15) is 0 Å². The van der Waals surface area contributed by atoms with Gasteiger partial charge in [-0.25, -0.2) is 9.50 Å². The minimum absolute atomic E-state index is 0.0990. The number of aromatic nitrogens is 4. The van der Waals surface area contributed by atoms with Gasteiger partial charge < -0.3 is 14.9 Å². The first kappa shape index (κ1) is 19.6. The predicted molar refractivity (Wildman–Crippen MR) is 116 cm³/mol. The first-order valence-electron chi connectivity index (χ1n) is 9.71. The van der Waals surface area contributed by atoms with Gasteiger partial charge in [-0.15, -0.1) is 5.10 Å². The third kappa shape index (κ3) is 4.31. The summed E-state index contributed by atoms with van der Waals surface area (Å²) in [7, 11) is 0. The molecule has 2 N–H and O–H groups in total. The van der Waals surface area contributed by atoms with E-state index in [2.05, 4.69) is 15.1 Å². The van der Waals surface area contributed by atoms with Gasteiger partial charge in [0.15, 0.2) is 11.4 Å². The molecule has 152 valence electrons. The molecule has 1 atom stereocenters. The topological polar surface area (TPSA) is 91.5 Å². The second kappa shape index (κ2) is 8.75. The molecule has 0 bridgehead atoms. The molecule has 0 aliphatic heterocycles. The predicted octanol–water partition coefficient (Wildman–Crippen LogP) is 4.26. The minimum Gasteiger partial charge on any atom is -0.472 e. The number of imidazole rings is 1. The quantitative estimate of drug-likeness (QED) is 0.484. The molecule has 30 heavy (non-hydrogen) atoms. The molecule has 0 spiro atoms. The van der Waals surface area contributed by atoms with E-state index in [1.807, 2.05) is 62.4 Å². The Bertz CT molecular complexity index is 1210. The number of pyridine rings is 1. The van der Waals surface area contributed by atoms with Gasteiger partial charge in [0.2, 0.25) is 5.88 Å². The highest BCUT2D eigenvalue weighted by Crippen LogP contribution is 2.28. The average Bonchev–Trinajstić information content (AvgIpc) is 3.38. The van der Waals surface area contributed by atoms with Crippen molar-refractivity contribution in [1.29, 1.82) is 0 Å². The van der Waals surface area contributed by atoms with Gasteiger partial charge in [0.25, 0.3) is 0 Å². The summed E-state index contributed by atoms with van der Waals surface area (Å²) in [5.41, 5.74) is 9.19. The van der Waals surface area contributed by atoms with Crippen LogP contribution < -0.4 is 10.5 Å². The molecule has 1 unspecified atom stereocenters. The van der Waals surface area contributed by atoms with Crippen LogP contribution in [-0.4, -0.2) is 32.2 Å². The van der Waals surface area contributed by atoms with E-state index in [-0.39, 0.29) is 6.10 Å². The van der Waals surface area contributed by atoms with Crippen LogP contribution in [0.3, 0.4) is 0 Å². The van der Waals surface area contributed by atoms with Crippen molar-refractivity contribution in [2.45, 2.75) is 20.0 Å². The fourth-order valence-electron chi connectivity index (χ4n) is 2.88. The third-order valence-corrected chi connectivity index (χ3v) is 4.52. The van der Waals surface area contributed by atoms with E-state index in [1.165, 1.54) is 5.56 Å². The molecule has 0 aliphatic rings. The molecule has 0 radical (unpaired) electrons. The molecule has 5 aromatic rings. The van der Waals surface area contributed by atoms with Crippen molar-refractivity contribution in [3.8, 4) is 17.3 Å². The Morgan fingerprint density at radius 3 is 2.60 bits per heavy atom. The summed E-state index contributed by atoms with van der Waals surface area (Å²) in [6.45, 7) is 4.38. The highest BCUT2D eigenvalue weighted by Gasteiger charge is 2.13. The monoisotopic (exact) mass is 401 g/mol. The fourth-order valence-corrected chi connectivity index (χ4v) is 2.88. The Kier molecular flexibility index (Phi) is 5.72. The molecule has 0 fully saturated rings. The summed E-state index contributed by atoms with van der Waals surface area (Å²) in [4.78, 5) is 8.21. The summed E-state index contributed by atoms with van der Waals surface area (Å²) in [6.07, 6.45) is 5.22. The number of hydrogen-bond acceptors (Lipinski definition) is 6. The first-order chi connectivity index (χ1) is 14.6. The maximum absolute atomic E-state index is 5.90. The van der Waals surface area contributed by atoms with Gasteiger partial charge in [0.05, 0.1) is 6.20 Å². The molecule has 0 saturated heterocycles. The number of rotatable bonds is 4. The van der Waals surface area contributed by atoms with Crippen LogP contribution in [0, 0.1) is 6.92 Å². The Morgan fingerprint density at radius 1 is 1.10 bits per heavy atom. The van der Waals surface area contributed by atoms with E-state index < -0.39 is 0 Å². The molecule has 4 heterocycles. The standard InChI is InChI=1S/C17H16N4O2.C6H7N/c1-11(9-18)22-17-7-6-16-19-10-13(21(16)20-17)15-8-12-4-2-3-5-14(12)23-15;1-6-2-4-7-5-3-6/h2-8,10-11H,9,18H2,1H3;2-5H,1H3. The number of nitrogens with two attached hydrogens (primary N) is 1. The Balaban J connectivity index is 0.000000265. The van der Waals surface area contributed by atoms with Crippen molar-refractivity contribution in [2.24, 2.45) is 5.73 Å². The largest absolute Gasteiger partial charge is 0.472 e. The normalized spacial score (nSPS) is 11.8. The van der Waals surface area contributed by atoms with Crippen molar-refractivity contribution in [3.63, 3.8) is 0 Å². The number of nitrogens with zero attached hydrogens (tertiary/aromatic N) is 4. The molecule has 0 amide bonds. The Hall–Kier alpha value is -3.71. The lowest BCUT2D eigenvalue weighted by Crippen LogP contribution is -2.23. The lowest BCUT2D eigenvalue weighted by Gasteiger charge is -2.11. The van der Waals surface area contributed by atoms with E-state index >= 15 is 0 Å². The van der Waals surface area contributed by atoms with Gasteiger partial charge in [-0.05, 0) is 49.7 Å². The van der Waals surface area contributed by atoms with Crippen LogP contribution in [0.25, 0.3) is 28.1 Å². The zero-order chi connectivity index (χ0) is 20.9. The van der Waals surface area contributed by atoms with Gasteiger partial charge in [-0.2, -0.15) is 0 Å².